The molecule has 0 saturated heterocycles. The number of rotatable bonds is 6. The smallest absolute Gasteiger partial charge is 0.475 e. The fourth-order valence-corrected chi connectivity index (χ4v) is 2.83. The first-order chi connectivity index (χ1) is 15.4. The van der Waals surface area contributed by atoms with Gasteiger partial charge in [-0.25, -0.2) is 14.8 Å². The van der Waals surface area contributed by atoms with E-state index in [1.807, 2.05) is 20.2 Å². The lowest BCUT2D eigenvalue weighted by Crippen LogP contribution is -2.34. The summed E-state index contributed by atoms with van der Waals surface area (Å²) in [5.74, 6) is -2.45. The Balaban J connectivity index is 0.000000718. The molecule has 0 aliphatic heterocycles. The van der Waals surface area contributed by atoms with Gasteiger partial charge in [-0.2, -0.15) is 31.6 Å². The van der Waals surface area contributed by atoms with E-state index in [0.29, 0.717) is 12.4 Å². The second-order valence-electron chi connectivity index (χ2n) is 8.21. The second-order valence-corrected chi connectivity index (χ2v) is 8.21. The molecule has 2 aromatic rings. The molecule has 0 unspecified atom stereocenters. The molecule has 13 heteroatoms. The van der Waals surface area contributed by atoms with Gasteiger partial charge in [-0.3, -0.25) is 0 Å². The maximum Gasteiger partial charge on any atom is 0.490 e. The fourth-order valence-electron chi connectivity index (χ4n) is 2.83. The summed E-state index contributed by atoms with van der Waals surface area (Å²) in [6.07, 6.45) is -9.53. The first kappa shape index (κ1) is 28.6. The van der Waals surface area contributed by atoms with Gasteiger partial charge in [0.2, 0.25) is 5.82 Å². The van der Waals surface area contributed by atoms with Crippen LogP contribution >= 0.6 is 0 Å². The van der Waals surface area contributed by atoms with E-state index in [0.717, 1.165) is 18.7 Å². The van der Waals surface area contributed by atoms with Crippen molar-refractivity contribution in [3.63, 3.8) is 0 Å². The number of anilines is 1. The molecule has 0 radical (unpaired) electrons. The second kappa shape index (κ2) is 11.1. The van der Waals surface area contributed by atoms with Crippen molar-refractivity contribution in [3.05, 3.63) is 41.7 Å². The van der Waals surface area contributed by atoms with Gasteiger partial charge in [0.05, 0.1) is 11.3 Å². The highest BCUT2D eigenvalue weighted by Crippen LogP contribution is 2.32. The monoisotopic (exact) mass is 491 g/mol. The van der Waals surface area contributed by atoms with E-state index < -0.39 is 23.9 Å². The number of alkyl halides is 6. The van der Waals surface area contributed by atoms with E-state index in [4.69, 9.17) is 9.90 Å². The van der Waals surface area contributed by atoms with Crippen LogP contribution in [-0.4, -0.2) is 59.3 Å². The molecule has 0 aliphatic rings. The number of aromatic nitrogens is 2. The number of hydrogen-bond donors (Lipinski definition) is 2. The number of nitriles is 1. The number of halogens is 6. The third-order valence-corrected chi connectivity index (χ3v) is 4.05. The number of carboxylic acid groups (broad SMARTS) is 1. The van der Waals surface area contributed by atoms with Crippen molar-refractivity contribution in [2.24, 2.45) is 5.41 Å². The van der Waals surface area contributed by atoms with Gasteiger partial charge in [-0.15, -0.1) is 0 Å². The zero-order valence-corrected chi connectivity index (χ0v) is 18.7. The van der Waals surface area contributed by atoms with Gasteiger partial charge in [0.15, 0.2) is 0 Å². The molecule has 0 amide bonds. The number of carboxylic acids is 1. The summed E-state index contributed by atoms with van der Waals surface area (Å²) < 4.78 is 70.6. The molecule has 1 aromatic carbocycles. The van der Waals surface area contributed by atoms with E-state index in [1.165, 1.54) is 12.1 Å². The molecule has 7 nitrogen and oxygen atoms in total. The largest absolute Gasteiger partial charge is 0.490 e. The van der Waals surface area contributed by atoms with E-state index in [2.05, 4.69) is 34.0 Å². The quantitative estimate of drug-likeness (QED) is 0.567. The molecule has 0 spiro atoms. The van der Waals surface area contributed by atoms with Crippen molar-refractivity contribution in [1.82, 2.24) is 14.9 Å². The summed E-state index contributed by atoms with van der Waals surface area (Å²) in [4.78, 5) is 19.1. The summed E-state index contributed by atoms with van der Waals surface area (Å²) in [5, 5.41) is 19.5. The minimum Gasteiger partial charge on any atom is -0.475 e. The normalized spacial score (nSPS) is 11.9. The van der Waals surface area contributed by atoms with E-state index in [-0.39, 0.29) is 22.5 Å². The van der Waals surface area contributed by atoms with E-state index >= 15 is 0 Å². The predicted molar refractivity (Wildman–Crippen MR) is 112 cm³/mol. The Kier molecular flexibility index (Phi) is 9.39. The third-order valence-electron chi connectivity index (χ3n) is 4.05. The average Bonchev–Trinajstić information content (AvgIpc) is 2.70. The molecule has 0 saturated carbocycles. The minimum atomic E-state index is -5.08. The number of nitrogens with zero attached hydrogens (tertiary/aromatic N) is 4. The fraction of sp³-hybridized carbons (Fsp3) is 0.429. The number of aliphatic carboxylic acids is 1. The molecular formula is C21H23F6N5O2. The molecule has 0 fully saturated rings. The highest BCUT2D eigenvalue weighted by molar-refractivity contribution is 5.73. The zero-order chi connectivity index (χ0) is 26.3. The molecule has 0 bridgehead atoms. The zero-order valence-electron chi connectivity index (χ0n) is 18.7. The first-order valence-corrected chi connectivity index (χ1v) is 9.60. The molecule has 0 atom stereocenters. The minimum absolute atomic E-state index is 0.0718. The van der Waals surface area contributed by atoms with Crippen molar-refractivity contribution >= 4 is 11.8 Å². The lowest BCUT2D eigenvalue weighted by molar-refractivity contribution is -0.192. The van der Waals surface area contributed by atoms with Gasteiger partial charge < -0.3 is 15.3 Å². The molecule has 1 aromatic heterocycles. The summed E-state index contributed by atoms with van der Waals surface area (Å²) in [5.41, 5.74) is -0.295. The van der Waals surface area contributed by atoms with Gasteiger partial charge in [0, 0.05) is 24.7 Å². The molecule has 34 heavy (non-hydrogen) atoms. The lowest BCUT2D eigenvalue weighted by Gasteiger charge is -2.28. The lowest BCUT2D eigenvalue weighted by atomic mass is 9.93. The Morgan fingerprint density at radius 2 is 1.71 bits per heavy atom. The summed E-state index contributed by atoms with van der Waals surface area (Å²) in [6, 6.07) is 8.28. The molecule has 2 rings (SSSR count). The van der Waals surface area contributed by atoms with Crippen LogP contribution in [0.5, 0.6) is 0 Å². The first-order valence-electron chi connectivity index (χ1n) is 9.60. The van der Waals surface area contributed by atoms with Gasteiger partial charge in [-0.1, -0.05) is 26.0 Å². The van der Waals surface area contributed by atoms with Crippen LogP contribution in [0.2, 0.25) is 0 Å². The Bertz CT molecular complexity index is 1030. The Morgan fingerprint density at radius 3 is 2.18 bits per heavy atom. The van der Waals surface area contributed by atoms with Crippen LogP contribution in [0.25, 0.3) is 11.3 Å². The maximum absolute atomic E-state index is 13.0. The van der Waals surface area contributed by atoms with Crippen LogP contribution in [0.1, 0.15) is 25.2 Å². The van der Waals surface area contributed by atoms with Crippen LogP contribution in [0.4, 0.5) is 32.2 Å². The predicted octanol–water partition coefficient (Wildman–Crippen LogP) is 4.67. The Morgan fingerprint density at radius 1 is 1.12 bits per heavy atom. The highest BCUT2D eigenvalue weighted by atomic mass is 19.4. The average molecular weight is 491 g/mol. The maximum atomic E-state index is 13.0. The molecule has 1 heterocycles. The topological polar surface area (TPSA) is 102 Å². The van der Waals surface area contributed by atoms with Gasteiger partial charge in [0.1, 0.15) is 11.9 Å². The van der Waals surface area contributed by atoms with Crippen molar-refractivity contribution < 1.29 is 36.2 Å². The Hall–Kier alpha value is -3.40. The molecule has 0 aliphatic carbocycles. The van der Waals surface area contributed by atoms with Gasteiger partial charge in [0.25, 0.3) is 0 Å². The van der Waals surface area contributed by atoms with Crippen LogP contribution in [0.15, 0.2) is 30.3 Å². The van der Waals surface area contributed by atoms with E-state index in [9.17, 15) is 31.6 Å². The third kappa shape index (κ3) is 9.62. The van der Waals surface area contributed by atoms with Crippen molar-refractivity contribution in [1.29, 1.82) is 5.26 Å². The summed E-state index contributed by atoms with van der Waals surface area (Å²) >= 11 is 0. The number of hydrogen-bond acceptors (Lipinski definition) is 6. The van der Waals surface area contributed by atoms with Gasteiger partial charge >= 0.3 is 18.3 Å². The van der Waals surface area contributed by atoms with Crippen LogP contribution in [-0.2, 0) is 11.0 Å². The number of benzene rings is 1. The number of carbonyl (C=O) groups is 1. The highest BCUT2D eigenvalue weighted by Gasteiger charge is 2.38. The van der Waals surface area contributed by atoms with E-state index in [1.54, 1.807) is 6.07 Å². The standard InChI is InChI=1S/C19H22F3N5.C2HF3O2/c1-18(2,12-27(3)4)11-24-16-9-15(25-17(10-23)26-16)13-6-5-7-14(8-13)19(20,21)22;3-2(4,5)1(6)7/h5-9H,11-12H2,1-4H3,(H,24,25,26);(H,6,7). The SMILES string of the molecule is CN(C)CC(C)(C)CNc1cc(-c2cccc(C(F)(F)F)c2)nc(C#N)n1.O=C(O)C(F)(F)F. The summed E-state index contributed by atoms with van der Waals surface area (Å²) in [7, 11) is 3.96. The number of nitrogens with one attached hydrogen (secondary N) is 1. The molecule has 2 N–H and O–H groups in total. The Labute approximate surface area is 192 Å². The van der Waals surface area contributed by atoms with Crippen LogP contribution in [0.3, 0.4) is 0 Å². The van der Waals surface area contributed by atoms with Gasteiger partial charge in [-0.05, 0) is 31.6 Å². The van der Waals surface area contributed by atoms with Crippen LogP contribution < -0.4 is 5.32 Å². The van der Waals surface area contributed by atoms with Crippen molar-refractivity contribution in [2.45, 2.75) is 26.2 Å². The van der Waals surface area contributed by atoms with Crippen molar-refractivity contribution in [2.75, 3.05) is 32.5 Å². The van der Waals surface area contributed by atoms with Crippen molar-refractivity contribution in [3.8, 4) is 17.3 Å². The molecular weight excluding hydrogens is 468 g/mol. The van der Waals surface area contributed by atoms with Crippen LogP contribution in [0, 0.1) is 16.7 Å². The molecule has 186 valence electrons. The summed E-state index contributed by atoms with van der Waals surface area (Å²) in [6.45, 7) is 5.58.